The number of halogens is 1. The van der Waals surface area contributed by atoms with Gasteiger partial charge in [-0.3, -0.25) is 9.59 Å². The number of anilines is 3. The number of amides is 2. The van der Waals surface area contributed by atoms with Crippen molar-refractivity contribution >= 4 is 29.7 Å². The van der Waals surface area contributed by atoms with Gasteiger partial charge in [-0.2, -0.15) is 15.0 Å². The number of hydrogen-bond acceptors (Lipinski definition) is 20. The zero-order chi connectivity index (χ0) is 48.0. The minimum atomic E-state index is -0.696. The summed E-state index contributed by atoms with van der Waals surface area (Å²) in [6.45, 7) is 11.4. The Hall–Kier alpha value is -4.84. The summed E-state index contributed by atoms with van der Waals surface area (Å²) >= 11 is 0. The lowest BCUT2D eigenvalue weighted by Crippen LogP contribution is -3.00. The Kier molecular flexibility index (Phi) is 24.5. The molecule has 5 heterocycles. The average Bonchev–Trinajstić information content (AvgIpc) is 4.04. The molecule has 0 aliphatic carbocycles. The molecule has 25 heteroatoms. The maximum absolute atomic E-state index is 14.2. The van der Waals surface area contributed by atoms with Crippen LogP contribution in [0.4, 0.5) is 17.8 Å². The van der Waals surface area contributed by atoms with Crippen LogP contribution in [0.3, 0.4) is 0 Å². The first-order valence-corrected chi connectivity index (χ1v) is 23.7. The Morgan fingerprint density at radius 3 is 1.65 bits per heavy atom. The molecule has 0 spiro atoms. The van der Waals surface area contributed by atoms with Gasteiger partial charge in [0.05, 0.1) is 69.8 Å². The lowest BCUT2D eigenvalue weighted by molar-refractivity contribution is -0.136. The molecule has 380 valence electrons. The van der Waals surface area contributed by atoms with E-state index in [4.69, 9.17) is 58.5 Å². The normalized spacial score (nSPS) is 16.0. The second-order valence-corrected chi connectivity index (χ2v) is 17.2. The van der Waals surface area contributed by atoms with Gasteiger partial charge in [-0.15, -0.1) is 16.6 Å². The first-order valence-electron chi connectivity index (χ1n) is 23.7. The molecular formula is C43H74ClN18O6-. The van der Waals surface area contributed by atoms with Gasteiger partial charge in [0, 0.05) is 58.9 Å². The summed E-state index contributed by atoms with van der Waals surface area (Å²) in [7, 11) is 0. The molecule has 10 N–H and O–H groups in total. The van der Waals surface area contributed by atoms with Gasteiger partial charge in [0.1, 0.15) is 24.4 Å². The molecule has 68 heavy (non-hydrogen) atoms. The third-order valence-electron chi connectivity index (χ3n) is 11.6. The van der Waals surface area contributed by atoms with Crippen LogP contribution in [-0.4, -0.2) is 190 Å². The van der Waals surface area contributed by atoms with E-state index in [9.17, 15) is 14.7 Å². The SMILES string of the molecule is C#CCOCCOCCOCCNc1nc(N2CCN(C(=O)C(CCCCN)n3cc(C(N)CO)nn3)CC2)nc(N2CCN(C(=O)C(CCCCN)n3cc(C(N)CC(C)C)nn3)CC2)n1.[Cl-]. The maximum atomic E-state index is 14.2. The number of nitrogens with two attached hydrogens (primary N) is 4. The lowest BCUT2D eigenvalue weighted by atomic mass is 10.0. The highest BCUT2D eigenvalue weighted by atomic mass is 35.5. The summed E-state index contributed by atoms with van der Waals surface area (Å²) in [6.07, 6.45) is 13.6. The Morgan fingerprint density at radius 1 is 0.721 bits per heavy atom. The Balaban J connectivity index is 0.0000101. The third-order valence-corrected chi connectivity index (χ3v) is 11.6. The Labute approximate surface area is 405 Å². The molecule has 0 radical (unpaired) electrons. The van der Waals surface area contributed by atoms with Gasteiger partial charge in [0.2, 0.25) is 29.7 Å². The van der Waals surface area contributed by atoms with Crippen molar-refractivity contribution < 1.29 is 41.3 Å². The number of unbranched alkanes of at least 4 members (excludes halogenated alkanes) is 2. The van der Waals surface area contributed by atoms with E-state index >= 15 is 0 Å². The van der Waals surface area contributed by atoms with E-state index in [-0.39, 0.29) is 43.5 Å². The van der Waals surface area contributed by atoms with Gasteiger partial charge >= 0.3 is 0 Å². The number of hydrogen-bond donors (Lipinski definition) is 6. The molecule has 2 amide bonds. The number of carbonyl (C=O) groups is 2. The van der Waals surface area contributed by atoms with E-state index in [0.717, 1.165) is 32.1 Å². The number of aromatic nitrogens is 9. The van der Waals surface area contributed by atoms with Crippen LogP contribution >= 0.6 is 0 Å². The van der Waals surface area contributed by atoms with Gasteiger partial charge in [-0.25, -0.2) is 9.36 Å². The number of nitrogens with one attached hydrogen (secondary N) is 1. The van der Waals surface area contributed by atoms with Crippen LogP contribution in [-0.2, 0) is 23.8 Å². The minimum Gasteiger partial charge on any atom is -1.00 e. The summed E-state index contributed by atoms with van der Waals surface area (Å²) in [6, 6.07) is -2.09. The maximum Gasteiger partial charge on any atom is 0.247 e. The highest BCUT2D eigenvalue weighted by Crippen LogP contribution is 2.26. The smallest absolute Gasteiger partial charge is 0.247 e. The van der Waals surface area contributed by atoms with Gasteiger partial charge < -0.3 is 79.6 Å². The summed E-state index contributed by atoms with van der Waals surface area (Å²) in [5, 5.41) is 29.9. The molecule has 0 saturated carbocycles. The van der Waals surface area contributed by atoms with E-state index in [1.54, 1.807) is 15.6 Å². The van der Waals surface area contributed by atoms with Crippen LogP contribution in [0.15, 0.2) is 12.4 Å². The van der Waals surface area contributed by atoms with Gasteiger partial charge in [-0.1, -0.05) is 30.2 Å². The zero-order valence-electron chi connectivity index (χ0n) is 39.8. The molecule has 2 fully saturated rings. The number of carbonyl (C=O) groups excluding carboxylic acids is 2. The fourth-order valence-electron chi connectivity index (χ4n) is 7.85. The first-order chi connectivity index (χ1) is 32.6. The van der Waals surface area contributed by atoms with Gasteiger partial charge in [-0.05, 0) is 64.0 Å². The molecule has 2 aliphatic heterocycles. The zero-order valence-corrected chi connectivity index (χ0v) is 40.5. The van der Waals surface area contributed by atoms with Crippen LogP contribution in [0.5, 0.6) is 0 Å². The standard InChI is InChI=1S/C43H74N18O6.ClH/c1-4-22-65-24-26-67-27-25-66-23-13-48-41-49-42(58-18-14-56(15-19-58)39(63)37(9-5-7-11-44)60-29-35(52-54-60)33(46)28-32(2)3)51-43(50-41)59-20-16-57(17-21-59)40(64)38(10-6-8-12-45)61-30-36(53-55-61)34(47)31-62;/h1,29-30,32-34,37-38,62H,5-28,31,44-47H2,2-3H3,(H,48,49,50,51);1H/p-1. The quantitative estimate of drug-likeness (QED) is 0.0276. The summed E-state index contributed by atoms with van der Waals surface area (Å²) in [5.74, 6) is 4.02. The number of piperazine rings is 2. The molecule has 0 bridgehead atoms. The van der Waals surface area contributed by atoms with Crippen molar-refractivity contribution in [2.45, 2.75) is 83.0 Å². The van der Waals surface area contributed by atoms with Crippen LogP contribution in [0.2, 0.25) is 0 Å². The van der Waals surface area contributed by atoms with Crippen LogP contribution in [0.25, 0.3) is 0 Å². The van der Waals surface area contributed by atoms with E-state index < -0.39 is 18.1 Å². The highest BCUT2D eigenvalue weighted by Gasteiger charge is 2.33. The number of rotatable bonds is 30. The van der Waals surface area contributed by atoms with E-state index in [1.165, 1.54) is 0 Å². The van der Waals surface area contributed by atoms with Crippen LogP contribution in [0, 0.1) is 18.3 Å². The second kappa shape index (κ2) is 29.9. The molecule has 0 aromatic carbocycles. The summed E-state index contributed by atoms with van der Waals surface area (Å²) < 4.78 is 19.7. The van der Waals surface area contributed by atoms with Crippen molar-refractivity contribution in [1.29, 1.82) is 0 Å². The molecule has 24 nitrogen and oxygen atoms in total. The van der Waals surface area contributed by atoms with Crippen LogP contribution < -0.4 is 50.5 Å². The van der Waals surface area contributed by atoms with Crippen molar-refractivity contribution in [3.8, 4) is 12.3 Å². The van der Waals surface area contributed by atoms with Gasteiger partial charge in [0.25, 0.3) is 0 Å². The number of nitrogens with zero attached hydrogens (tertiary/aromatic N) is 13. The monoisotopic (exact) mass is 974 g/mol. The fourth-order valence-corrected chi connectivity index (χ4v) is 7.85. The topological polar surface area (TPSA) is 311 Å². The molecule has 2 aliphatic rings. The van der Waals surface area contributed by atoms with Crippen molar-refractivity contribution in [3.05, 3.63) is 23.8 Å². The lowest BCUT2D eigenvalue weighted by Gasteiger charge is -2.38. The number of aliphatic hydroxyl groups excluding tert-OH is 1. The fraction of sp³-hybridized carbons (Fsp3) is 0.744. The Morgan fingerprint density at radius 2 is 1.19 bits per heavy atom. The summed E-state index contributed by atoms with van der Waals surface area (Å²) in [5.41, 5.74) is 25.1. The number of ether oxygens (including phenoxy) is 3. The van der Waals surface area contributed by atoms with E-state index in [1.807, 2.05) is 20.9 Å². The molecular weight excluding hydrogens is 900 g/mol. The predicted molar refractivity (Wildman–Crippen MR) is 252 cm³/mol. The van der Waals surface area contributed by atoms with Gasteiger partial charge in [0.15, 0.2) is 0 Å². The average molecular weight is 975 g/mol. The molecule has 3 aromatic heterocycles. The Bertz CT molecular complexity index is 1950. The first kappa shape index (κ1) is 55.8. The third kappa shape index (κ3) is 17.0. The minimum absolute atomic E-state index is 0. The predicted octanol–water partition coefficient (Wildman–Crippen LogP) is -3.77. The van der Waals surface area contributed by atoms with Crippen molar-refractivity contribution in [3.63, 3.8) is 0 Å². The summed E-state index contributed by atoms with van der Waals surface area (Å²) in [4.78, 5) is 50.7. The van der Waals surface area contributed by atoms with E-state index in [2.05, 4.69) is 50.6 Å². The largest absolute Gasteiger partial charge is 1.00 e. The second-order valence-electron chi connectivity index (χ2n) is 17.2. The number of terminal acetylenes is 1. The number of aliphatic hydroxyl groups is 1. The highest BCUT2D eigenvalue weighted by molar-refractivity contribution is 5.81. The van der Waals surface area contributed by atoms with E-state index in [0.29, 0.717) is 153 Å². The van der Waals surface area contributed by atoms with Crippen LogP contribution in [0.1, 0.15) is 94.3 Å². The molecule has 5 rings (SSSR count). The molecule has 4 unspecified atom stereocenters. The van der Waals surface area contributed by atoms with Crippen molar-refractivity contribution in [2.75, 3.05) is 133 Å². The van der Waals surface area contributed by atoms with Crippen molar-refractivity contribution in [2.24, 2.45) is 28.9 Å². The van der Waals surface area contributed by atoms with Crippen molar-refractivity contribution in [1.82, 2.24) is 54.7 Å². The molecule has 3 aromatic rings. The molecule has 2 saturated heterocycles. The molecule has 4 atom stereocenters.